The van der Waals surface area contributed by atoms with E-state index in [9.17, 15) is 5.11 Å². The summed E-state index contributed by atoms with van der Waals surface area (Å²) in [5.41, 5.74) is 0. The van der Waals surface area contributed by atoms with Crippen LogP contribution in [0, 0.1) is 0 Å². The highest BCUT2D eigenvalue weighted by Crippen LogP contribution is 1.98. The van der Waals surface area contributed by atoms with E-state index in [1.165, 1.54) is 0 Å². The molecule has 0 amide bonds. The van der Waals surface area contributed by atoms with Gasteiger partial charge in [-0.25, -0.2) is 0 Å². The van der Waals surface area contributed by atoms with Crippen LogP contribution in [-0.4, -0.2) is 65.1 Å². The van der Waals surface area contributed by atoms with Crippen molar-refractivity contribution in [3.63, 3.8) is 0 Å². The van der Waals surface area contributed by atoms with Crippen molar-refractivity contribution in [1.82, 2.24) is 0 Å². The van der Waals surface area contributed by atoms with E-state index >= 15 is 0 Å². The van der Waals surface area contributed by atoms with Crippen molar-refractivity contribution in [3.05, 3.63) is 0 Å². The zero-order valence-electron chi connectivity index (χ0n) is 10.3. The largest absolute Gasteiger partial charge is 0.393 e. The summed E-state index contributed by atoms with van der Waals surface area (Å²) in [6, 6.07) is 0. The van der Waals surface area contributed by atoms with Gasteiger partial charge in [-0.3, -0.25) is 0 Å². The highest BCUT2D eigenvalue weighted by Gasteiger charge is 2.02. The SMILES string of the molecule is COCCOCCOCCC(O)CCOC. The zero-order valence-corrected chi connectivity index (χ0v) is 10.3. The lowest BCUT2D eigenvalue weighted by molar-refractivity contribution is 0.0128. The molecule has 0 aliphatic heterocycles. The first-order chi connectivity index (χ1) is 7.81. The van der Waals surface area contributed by atoms with Crippen LogP contribution in [-0.2, 0) is 18.9 Å². The molecule has 0 aromatic carbocycles. The molecule has 98 valence electrons. The molecule has 5 heteroatoms. The van der Waals surface area contributed by atoms with Gasteiger partial charge in [0.1, 0.15) is 0 Å². The van der Waals surface area contributed by atoms with Crippen LogP contribution in [0.4, 0.5) is 0 Å². The van der Waals surface area contributed by atoms with Crippen LogP contribution in [0.15, 0.2) is 0 Å². The Morgan fingerprint density at radius 1 is 0.750 bits per heavy atom. The molecule has 0 spiro atoms. The predicted molar refractivity (Wildman–Crippen MR) is 60.6 cm³/mol. The summed E-state index contributed by atoms with van der Waals surface area (Å²) in [5.74, 6) is 0. The molecule has 0 bridgehead atoms. The molecular formula is C11H24O5. The molecule has 5 nitrogen and oxygen atoms in total. The van der Waals surface area contributed by atoms with Crippen molar-refractivity contribution in [2.24, 2.45) is 0 Å². The summed E-state index contributed by atoms with van der Waals surface area (Å²) >= 11 is 0. The molecule has 0 aliphatic carbocycles. The van der Waals surface area contributed by atoms with E-state index in [1.54, 1.807) is 14.2 Å². The molecule has 1 unspecified atom stereocenters. The second-order valence-electron chi connectivity index (χ2n) is 3.44. The average molecular weight is 236 g/mol. The minimum Gasteiger partial charge on any atom is -0.393 e. The first-order valence-electron chi connectivity index (χ1n) is 5.62. The van der Waals surface area contributed by atoms with Crippen LogP contribution in [0.3, 0.4) is 0 Å². The van der Waals surface area contributed by atoms with Gasteiger partial charge < -0.3 is 24.1 Å². The average Bonchev–Trinajstić information content (AvgIpc) is 2.30. The van der Waals surface area contributed by atoms with Gasteiger partial charge in [0.2, 0.25) is 0 Å². The third-order valence-electron chi connectivity index (χ3n) is 2.05. The smallest absolute Gasteiger partial charge is 0.0701 e. The van der Waals surface area contributed by atoms with E-state index in [-0.39, 0.29) is 6.10 Å². The highest BCUT2D eigenvalue weighted by molar-refractivity contribution is 4.53. The predicted octanol–water partition coefficient (Wildman–Crippen LogP) is 0.453. The maximum atomic E-state index is 9.45. The van der Waals surface area contributed by atoms with Crippen molar-refractivity contribution in [1.29, 1.82) is 0 Å². The summed E-state index contributed by atoms with van der Waals surface area (Å²) < 4.78 is 20.2. The molecule has 0 fully saturated rings. The second kappa shape index (κ2) is 12.9. The van der Waals surface area contributed by atoms with Crippen LogP contribution >= 0.6 is 0 Å². The number of aliphatic hydroxyl groups excluding tert-OH is 1. The molecule has 0 radical (unpaired) electrons. The molecule has 0 rings (SSSR count). The normalized spacial score (nSPS) is 12.9. The zero-order chi connectivity index (χ0) is 12.1. The van der Waals surface area contributed by atoms with E-state index < -0.39 is 0 Å². The third-order valence-corrected chi connectivity index (χ3v) is 2.05. The summed E-state index contributed by atoms with van der Waals surface area (Å²) in [5, 5.41) is 9.45. The van der Waals surface area contributed by atoms with Gasteiger partial charge in [0.05, 0.1) is 32.5 Å². The van der Waals surface area contributed by atoms with Gasteiger partial charge in [0, 0.05) is 27.4 Å². The topological polar surface area (TPSA) is 57.2 Å². The Morgan fingerprint density at radius 2 is 1.25 bits per heavy atom. The molecule has 0 aliphatic rings. The number of ether oxygens (including phenoxy) is 4. The first-order valence-corrected chi connectivity index (χ1v) is 5.62. The van der Waals surface area contributed by atoms with E-state index in [4.69, 9.17) is 18.9 Å². The van der Waals surface area contributed by atoms with Crippen molar-refractivity contribution >= 4 is 0 Å². The summed E-state index contributed by atoms with van der Waals surface area (Å²) in [6.07, 6.45) is 0.959. The maximum Gasteiger partial charge on any atom is 0.0701 e. The molecular weight excluding hydrogens is 212 g/mol. The van der Waals surface area contributed by atoms with Crippen LogP contribution in [0.5, 0.6) is 0 Å². The monoisotopic (exact) mass is 236 g/mol. The van der Waals surface area contributed by atoms with Crippen molar-refractivity contribution in [2.45, 2.75) is 18.9 Å². The van der Waals surface area contributed by atoms with Gasteiger partial charge in [-0.15, -0.1) is 0 Å². The summed E-state index contributed by atoms with van der Waals surface area (Å²) in [7, 11) is 3.27. The lowest BCUT2D eigenvalue weighted by Crippen LogP contribution is -2.14. The van der Waals surface area contributed by atoms with E-state index in [1.807, 2.05) is 0 Å². The van der Waals surface area contributed by atoms with Crippen molar-refractivity contribution in [2.75, 3.05) is 53.9 Å². The highest BCUT2D eigenvalue weighted by atomic mass is 16.5. The molecule has 0 saturated carbocycles. The summed E-state index contributed by atoms with van der Waals surface area (Å²) in [4.78, 5) is 0. The molecule has 1 atom stereocenters. The standard InChI is InChI=1S/C11H24O5/c1-13-5-3-11(12)4-6-15-9-10-16-8-7-14-2/h11-12H,3-10H2,1-2H3. The van der Waals surface area contributed by atoms with Gasteiger partial charge >= 0.3 is 0 Å². The Kier molecular flexibility index (Phi) is 12.7. The number of methoxy groups -OCH3 is 2. The van der Waals surface area contributed by atoms with E-state index in [0.29, 0.717) is 52.5 Å². The molecule has 16 heavy (non-hydrogen) atoms. The van der Waals surface area contributed by atoms with Crippen LogP contribution in [0.1, 0.15) is 12.8 Å². The van der Waals surface area contributed by atoms with Gasteiger partial charge in [0.25, 0.3) is 0 Å². The van der Waals surface area contributed by atoms with E-state index in [0.717, 1.165) is 0 Å². The van der Waals surface area contributed by atoms with Crippen LogP contribution < -0.4 is 0 Å². The lowest BCUT2D eigenvalue weighted by atomic mass is 10.2. The molecule has 0 aromatic rings. The minimum atomic E-state index is -0.339. The Balaban J connectivity index is 3.02. The number of hydrogen-bond donors (Lipinski definition) is 1. The van der Waals surface area contributed by atoms with Crippen molar-refractivity contribution in [3.8, 4) is 0 Å². The number of aliphatic hydroxyl groups is 1. The Bertz CT molecular complexity index is 132. The van der Waals surface area contributed by atoms with E-state index in [2.05, 4.69) is 0 Å². The lowest BCUT2D eigenvalue weighted by Gasteiger charge is -2.10. The Morgan fingerprint density at radius 3 is 1.88 bits per heavy atom. The number of rotatable bonds is 12. The first kappa shape index (κ1) is 15.8. The molecule has 1 N–H and O–H groups in total. The van der Waals surface area contributed by atoms with Gasteiger partial charge in [-0.05, 0) is 12.8 Å². The molecule has 0 saturated heterocycles. The van der Waals surface area contributed by atoms with Crippen LogP contribution in [0.25, 0.3) is 0 Å². The second-order valence-corrected chi connectivity index (χ2v) is 3.44. The maximum absolute atomic E-state index is 9.45. The van der Waals surface area contributed by atoms with Gasteiger partial charge in [-0.1, -0.05) is 0 Å². The molecule has 0 heterocycles. The third kappa shape index (κ3) is 11.9. The van der Waals surface area contributed by atoms with Gasteiger partial charge in [0.15, 0.2) is 0 Å². The fourth-order valence-electron chi connectivity index (χ4n) is 1.08. The molecule has 0 aromatic heterocycles. The quantitative estimate of drug-likeness (QED) is 0.499. The minimum absolute atomic E-state index is 0.339. The van der Waals surface area contributed by atoms with Crippen molar-refractivity contribution < 1.29 is 24.1 Å². The van der Waals surface area contributed by atoms with Crippen LogP contribution in [0.2, 0.25) is 0 Å². The fraction of sp³-hybridized carbons (Fsp3) is 1.00. The fourth-order valence-corrected chi connectivity index (χ4v) is 1.08. The Hall–Kier alpha value is -0.200. The Labute approximate surface area is 97.6 Å². The number of hydrogen-bond acceptors (Lipinski definition) is 5. The summed E-state index contributed by atoms with van der Waals surface area (Å²) in [6.45, 7) is 3.46. The van der Waals surface area contributed by atoms with Gasteiger partial charge in [-0.2, -0.15) is 0 Å².